The van der Waals surface area contributed by atoms with Crippen LogP contribution in [0.3, 0.4) is 0 Å². The Bertz CT molecular complexity index is 408. The lowest BCUT2D eigenvalue weighted by Crippen LogP contribution is -2.29. The minimum atomic E-state index is -1.03. The van der Waals surface area contributed by atoms with Gasteiger partial charge in [0.1, 0.15) is 12.4 Å². The number of amides is 1. The summed E-state index contributed by atoms with van der Waals surface area (Å²) in [6.45, 7) is 3.60. The van der Waals surface area contributed by atoms with Gasteiger partial charge in [0.15, 0.2) is 0 Å². The maximum atomic E-state index is 11.6. The predicted molar refractivity (Wildman–Crippen MR) is 61.1 cm³/mol. The second-order valence-corrected chi connectivity index (χ2v) is 3.78. The highest BCUT2D eigenvalue weighted by Crippen LogP contribution is 2.12. The number of aromatic nitrogens is 1. The number of hydrogen-bond acceptors (Lipinski definition) is 5. The third-order valence-electron chi connectivity index (χ3n) is 2.31. The largest absolute Gasteiger partial charge is 0.480 e. The number of nitrogens with zero attached hydrogens (tertiary/aromatic N) is 1. The minimum Gasteiger partial charge on any atom is -0.480 e. The van der Waals surface area contributed by atoms with Gasteiger partial charge < -0.3 is 19.7 Å². The van der Waals surface area contributed by atoms with Crippen LogP contribution in [-0.4, -0.2) is 41.9 Å². The van der Waals surface area contributed by atoms with Crippen LogP contribution in [-0.2, 0) is 20.7 Å². The molecule has 0 aliphatic rings. The van der Waals surface area contributed by atoms with Gasteiger partial charge in [-0.25, -0.2) is 4.79 Å². The molecule has 100 valence electrons. The lowest BCUT2D eigenvalue weighted by Gasteiger charge is -2.05. The van der Waals surface area contributed by atoms with E-state index in [9.17, 15) is 9.59 Å². The van der Waals surface area contributed by atoms with Gasteiger partial charge in [-0.15, -0.1) is 0 Å². The monoisotopic (exact) mass is 256 g/mol. The molecule has 0 bridgehead atoms. The van der Waals surface area contributed by atoms with Crippen molar-refractivity contribution in [1.29, 1.82) is 0 Å². The molecule has 1 rings (SSSR count). The van der Waals surface area contributed by atoms with Crippen molar-refractivity contribution in [2.45, 2.75) is 20.3 Å². The molecule has 7 heteroatoms. The molecule has 0 saturated carbocycles. The summed E-state index contributed by atoms with van der Waals surface area (Å²) in [5.41, 5.74) is 1.48. The van der Waals surface area contributed by atoms with Crippen molar-refractivity contribution >= 4 is 11.9 Å². The van der Waals surface area contributed by atoms with Gasteiger partial charge in [-0.2, -0.15) is 0 Å². The lowest BCUT2D eigenvalue weighted by atomic mass is 10.1. The summed E-state index contributed by atoms with van der Waals surface area (Å²) in [5, 5.41) is 14.7. The highest BCUT2D eigenvalue weighted by molar-refractivity contribution is 5.78. The van der Waals surface area contributed by atoms with E-state index < -0.39 is 5.97 Å². The highest BCUT2D eigenvalue weighted by Gasteiger charge is 2.12. The third kappa shape index (κ3) is 4.54. The van der Waals surface area contributed by atoms with E-state index in [1.54, 1.807) is 13.8 Å². The van der Waals surface area contributed by atoms with Crippen LogP contribution in [0.25, 0.3) is 0 Å². The first kappa shape index (κ1) is 14.2. The number of aryl methyl sites for hydroxylation is 2. The maximum absolute atomic E-state index is 11.6. The van der Waals surface area contributed by atoms with E-state index >= 15 is 0 Å². The molecule has 18 heavy (non-hydrogen) atoms. The van der Waals surface area contributed by atoms with Gasteiger partial charge >= 0.3 is 5.97 Å². The fourth-order valence-corrected chi connectivity index (χ4v) is 1.40. The summed E-state index contributed by atoms with van der Waals surface area (Å²) >= 11 is 0. The molecule has 0 saturated heterocycles. The maximum Gasteiger partial charge on any atom is 0.329 e. The smallest absolute Gasteiger partial charge is 0.329 e. The molecule has 0 aromatic carbocycles. The topological polar surface area (TPSA) is 102 Å². The van der Waals surface area contributed by atoms with Gasteiger partial charge in [0, 0.05) is 12.1 Å². The van der Waals surface area contributed by atoms with Gasteiger partial charge in [-0.1, -0.05) is 5.16 Å². The van der Waals surface area contributed by atoms with Gasteiger partial charge in [-0.3, -0.25) is 4.79 Å². The van der Waals surface area contributed by atoms with Gasteiger partial charge in [-0.05, 0) is 13.8 Å². The number of carboxylic acid groups (broad SMARTS) is 1. The van der Waals surface area contributed by atoms with Gasteiger partial charge in [0.05, 0.1) is 18.7 Å². The van der Waals surface area contributed by atoms with Gasteiger partial charge in [0.25, 0.3) is 0 Å². The molecule has 2 N–H and O–H groups in total. The van der Waals surface area contributed by atoms with Gasteiger partial charge in [0.2, 0.25) is 5.91 Å². The highest BCUT2D eigenvalue weighted by atomic mass is 16.5. The molecule has 0 radical (unpaired) electrons. The van der Waals surface area contributed by atoms with Crippen LogP contribution in [0.15, 0.2) is 4.52 Å². The van der Waals surface area contributed by atoms with Crippen molar-refractivity contribution in [2.24, 2.45) is 0 Å². The Morgan fingerprint density at radius 3 is 2.72 bits per heavy atom. The van der Waals surface area contributed by atoms with Crippen LogP contribution < -0.4 is 5.32 Å². The standard InChI is InChI=1S/C11H16N2O5/c1-7-9(8(2)18-13-7)5-10(14)12-3-4-17-6-11(15)16/h3-6H2,1-2H3,(H,12,14)(H,15,16). The number of ether oxygens (including phenoxy) is 1. The first-order chi connectivity index (χ1) is 8.50. The summed E-state index contributed by atoms with van der Waals surface area (Å²) in [5.74, 6) is -0.579. The molecule has 0 fully saturated rings. The SMILES string of the molecule is Cc1noc(C)c1CC(=O)NCCOCC(=O)O. The molecule has 1 amide bonds. The molecular formula is C11H16N2O5. The van der Waals surface area contributed by atoms with Crippen LogP contribution in [0.1, 0.15) is 17.0 Å². The number of carbonyl (C=O) groups excluding carboxylic acids is 1. The molecule has 0 unspecified atom stereocenters. The third-order valence-corrected chi connectivity index (χ3v) is 2.31. The van der Waals surface area contributed by atoms with Crippen LogP contribution in [0, 0.1) is 13.8 Å². The molecule has 0 aliphatic heterocycles. The van der Waals surface area contributed by atoms with Crippen LogP contribution >= 0.6 is 0 Å². The first-order valence-corrected chi connectivity index (χ1v) is 5.48. The van der Waals surface area contributed by atoms with Crippen molar-refractivity contribution in [3.05, 3.63) is 17.0 Å². The first-order valence-electron chi connectivity index (χ1n) is 5.48. The molecule has 0 spiro atoms. The fourth-order valence-electron chi connectivity index (χ4n) is 1.40. The summed E-state index contributed by atoms with van der Waals surface area (Å²) in [6.07, 6.45) is 0.195. The quantitative estimate of drug-likeness (QED) is 0.668. The normalized spacial score (nSPS) is 10.3. The second-order valence-electron chi connectivity index (χ2n) is 3.78. The lowest BCUT2D eigenvalue weighted by molar-refractivity contribution is -0.142. The van der Waals surface area contributed by atoms with Crippen LogP contribution in [0.4, 0.5) is 0 Å². The zero-order valence-corrected chi connectivity index (χ0v) is 10.4. The van der Waals surface area contributed by atoms with Crippen LogP contribution in [0.2, 0.25) is 0 Å². The Labute approximate surface area is 104 Å². The predicted octanol–water partition coefficient (Wildman–Crippen LogP) is 0.0513. The Morgan fingerprint density at radius 1 is 1.44 bits per heavy atom. The van der Waals surface area contributed by atoms with E-state index in [2.05, 4.69) is 10.5 Å². The van der Waals surface area contributed by atoms with E-state index in [-0.39, 0.29) is 32.1 Å². The summed E-state index contributed by atoms with van der Waals surface area (Å²) in [4.78, 5) is 21.7. The fraction of sp³-hybridized carbons (Fsp3) is 0.545. The number of nitrogens with one attached hydrogen (secondary N) is 1. The average molecular weight is 256 g/mol. The van der Waals surface area contributed by atoms with Crippen molar-refractivity contribution in [2.75, 3.05) is 19.8 Å². The number of rotatable bonds is 7. The summed E-state index contributed by atoms with van der Waals surface area (Å²) in [6, 6.07) is 0. The molecule has 0 aliphatic carbocycles. The molecule has 1 heterocycles. The number of carbonyl (C=O) groups is 2. The van der Waals surface area contributed by atoms with E-state index in [1.807, 2.05) is 0 Å². The summed E-state index contributed by atoms with van der Waals surface area (Å²) < 4.78 is 9.73. The molecule has 1 aromatic rings. The molecule has 0 atom stereocenters. The van der Waals surface area contributed by atoms with E-state index in [4.69, 9.17) is 14.4 Å². The van der Waals surface area contributed by atoms with Crippen LogP contribution in [0.5, 0.6) is 0 Å². The number of hydrogen-bond donors (Lipinski definition) is 2. The van der Waals surface area contributed by atoms with Crippen molar-refractivity contribution in [3.63, 3.8) is 0 Å². The Morgan fingerprint density at radius 2 is 2.17 bits per heavy atom. The molecule has 1 aromatic heterocycles. The van der Waals surface area contributed by atoms with E-state index in [1.165, 1.54) is 0 Å². The van der Waals surface area contributed by atoms with E-state index in [0.29, 0.717) is 11.5 Å². The average Bonchev–Trinajstić information content (AvgIpc) is 2.60. The zero-order chi connectivity index (χ0) is 13.5. The Balaban J connectivity index is 2.24. The van der Waals surface area contributed by atoms with Crippen molar-refractivity contribution in [1.82, 2.24) is 10.5 Å². The zero-order valence-electron chi connectivity index (χ0n) is 10.4. The Kier molecular flexibility index (Phi) is 5.31. The second kappa shape index (κ2) is 6.75. The molecular weight excluding hydrogens is 240 g/mol. The van der Waals surface area contributed by atoms with Crippen molar-refractivity contribution < 1.29 is 24.0 Å². The van der Waals surface area contributed by atoms with E-state index in [0.717, 1.165) is 5.56 Å². The summed E-state index contributed by atoms with van der Waals surface area (Å²) in [7, 11) is 0. The number of carboxylic acids is 1. The number of aliphatic carboxylic acids is 1. The Hall–Kier alpha value is -1.89. The van der Waals surface area contributed by atoms with Crippen molar-refractivity contribution in [3.8, 4) is 0 Å². The minimum absolute atomic E-state index is 0.166. The molecule has 7 nitrogen and oxygen atoms in total.